The van der Waals surface area contributed by atoms with Crippen LogP contribution in [0.25, 0.3) is 10.9 Å². The molecule has 0 amide bonds. The van der Waals surface area contributed by atoms with Gasteiger partial charge in [0.15, 0.2) is 0 Å². The normalized spacial score (nSPS) is 11.7. The molecule has 0 saturated carbocycles. The second-order valence-electron chi connectivity index (χ2n) is 8.39. The number of carbonyl (C=O) groups is 1. The third-order valence-corrected chi connectivity index (χ3v) is 4.80. The van der Waals surface area contributed by atoms with Crippen LogP contribution in [0.4, 0.5) is 8.78 Å². The summed E-state index contributed by atoms with van der Waals surface area (Å²) >= 11 is 0. The average Bonchev–Trinajstić information content (AvgIpc) is 2.61. The van der Waals surface area contributed by atoms with Crippen molar-refractivity contribution in [3.05, 3.63) is 35.0 Å². The molecular formula is C23H31F2NO3. The molecule has 2 rings (SSSR count). The first-order chi connectivity index (χ1) is 13.6. The zero-order valence-corrected chi connectivity index (χ0v) is 18.0. The highest BCUT2D eigenvalue weighted by atomic mass is 19.1. The number of nitrogens with zero attached hydrogens (tertiary/aromatic N) is 1. The van der Waals surface area contributed by atoms with Crippen LogP contribution in [-0.2, 0) is 16.0 Å². The van der Waals surface area contributed by atoms with Crippen LogP contribution in [0.1, 0.15) is 71.1 Å². The van der Waals surface area contributed by atoms with Crippen molar-refractivity contribution in [3.63, 3.8) is 0 Å². The van der Waals surface area contributed by atoms with E-state index < -0.39 is 23.0 Å². The van der Waals surface area contributed by atoms with Gasteiger partial charge in [-0.2, -0.15) is 0 Å². The number of fused-ring (bicyclic) bond motifs is 1. The number of unbranched alkanes of at least 4 members (excludes halogenated alkanes) is 4. The van der Waals surface area contributed by atoms with E-state index in [1.165, 1.54) is 12.5 Å². The number of aromatic nitrogens is 1. The molecule has 0 aliphatic carbocycles. The Hall–Kier alpha value is -2.24. The van der Waals surface area contributed by atoms with Gasteiger partial charge < -0.3 is 9.47 Å². The number of pyridine rings is 1. The topological polar surface area (TPSA) is 48.4 Å². The zero-order chi connectivity index (χ0) is 21.6. The van der Waals surface area contributed by atoms with Crippen LogP contribution in [0.3, 0.4) is 0 Å². The summed E-state index contributed by atoms with van der Waals surface area (Å²) < 4.78 is 39.2. The maximum Gasteiger partial charge on any atom is 0.314 e. The van der Waals surface area contributed by atoms with E-state index >= 15 is 0 Å². The highest BCUT2D eigenvalue weighted by Gasteiger charge is 2.24. The predicted molar refractivity (Wildman–Crippen MR) is 110 cm³/mol. The van der Waals surface area contributed by atoms with Crippen molar-refractivity contribution in [2.45, 2.75) is 73.1 Å². The van der Waals surface area contributed by atoms with Crippen LogP contribution in [-0.4, -0.2) is 17.7 Å². The molecule has 160 valence electrons. The number of esters is 1. The van der Waals surface area contributed by atoms with Crippen molar-refractivity contribution in [2.24, 2.45) is 5.41 Å². The van der Waals surface area contributed by atoms with E-state index in [2.05, 4.69) is 11.9 Å². The molecule has 1 aromatic carbocycles. The third-order valence-electron chi connectivity index (χ3n) is 4.80. The minimum absolute atomic E-state index is 0.118. The van der Waals surface area contributed by atoms with Crippen LogP contribution in [0, 0.1) is 24.0 Å². The van der Waals surface area contributed by atoms with Crippen LogP contribution < -0.4 is 4.74 Å². The van der Waals surface area contributed by atoms with E-state index in [-0.39, 0.29) is 23.4 Å². The smallest absolute Gasteiger partial charge is 0.314 e. The molecule has 0 fully saturated rings. The van der Waals surface area contributed by atoms with Gasteiger partial charge in [0, 0.05) is 23.4 Å². The van der Waals surface area contributed by atoms with E-state index in [9.17, 15) is 13.6 Å². The molecule has 4 nitrogen and oxygen atoms in total. The van der Waals surface area contributed by atoms with Gasteiger partial charge >= 0.3 is 5.97 Å². The number of hydrogen-bond donors (Lipinski definition) is 0. The number of hydrogen-bond acceptors (Lipinski definition) is 4. The highest BCUT2D eigenvalue weighted by molar-refractivity contribution is 5.87. The molecule has 2 aromatic rings. The predicted octanol–water partition coefficient (Wildman–Crippen LogP) is 6.26. The average molecular weight is 408 g/mol. The lowest BCUT2D eigenvalue weighted by Gasteiger charge is -2.19. The van der Waals surface area contributed by atoms with Gasteiger partial charge in [0.05, 0.1) is 16.3 Å². The van der Waals surface area contributed by atoms with Crippen LogP contribution >= 0.6 is 0 Å². The first-order valence-electron chi connectivity index (χ1n) is 10.2. The number of aryl methyl sites for hydroxylation is 1. The second-order valence-corrected chi connectivity index (χ2v) is 8.39. The summed E-state index contributed by atoms with van der Waals surface area (Å²) in [5, 5.41) is 0.118. The van der Waals surface area contributed by atoms with Crippen molar-refractivity contribution >= 4 is 16.9 Å². The van der Waals surface area contributed by atoms with Crippen molar-refractivity contribution < 1.29 is 23.0 Å². The summed E-state index contributed by atoms with van der Waals surface area (Å²) in [5.74, 6) is -1.57. The van der Waals surface area contributed by atoms with Crippen molar-refractivity contribution in [2.75, 3.05) is 6.79 Å². The number of carbonyl (C=O) groups excluding carboxylic acids is 1. The molecule has 0 bridgehead atoms. The van der Waals surface area contributed by atoms with Crippen molar-refractivity contribution in [1.29, 1.82) is 0 Å². The Labute approximate surface area is 171 Å². The van der Waals surface area contributed by atoms with Crippen molar-refractivity contribution in [1.82, 2.24) is 4.98 Å². The molecule has 0 unspecified atom stereocenters. The SMILES string of the molecule is CCCCCCCc1c(C)nc2cc(F)cc(F)c2c1OCOC(=O)C(C)(C)C. The summed E-state index contributed by atoms with van der Waals surface area (Å²) in [6, 6.07) is 2.00. The molecule has 0 aliphatic rings. The second kappa shape index (κ2) is 9.99. The van der Waals surface area contributed by atoms with Gasteiger partial charge in [0.1, 0.15) is 17.4 Å². The summed E-state index contributed by atoms with van der Waals surface area (Å²) in [4.78, 5) is 16.4. The van der Waals surface area contributed by atoms with Gasteiger partial charge in [-0.15, -0.1) is 0 Å². The number of benzene rings is 1. The standard InChI is InChI=1S/C23H31F2NO3/c1-6-7-8-9-10-11-17-15(2)26-19-13-16(24)12-18(25)20(19)21(17)28-14-29-22(27)23(3,4)5/h12-13H,6-11,14H2,1-5H3. The van der Waals surface area contributed by atoms with E-state index in [0.717, 1.165) is 37.3 Å². The molecule has 6 heteroatoms. The van der Waals surface area contributed by atoms with Gasteiger partial charge in [-0.05, 0) is 40.5 Å². The van der Waals surface area contributed by atoms with Crippen LogP contribution in [0.2, 0.25) is 0 Å². The molecule has 0 saturated heterocycles. The minimum Gasteiger partial charge on any atom is -0.456 e. The Morgan fingerprint density at radius 1 is 1.10 bits per heavy atom. The molecule has 0 aliphatic heterocycles. The number of ether oxygens (including phenoxy) is 2. The minimum atomic E-state index is -0.739. The van der Waals surface area contributed by atoms with E-state index in [1.807, 2.05) is 0 Å². The monoisotopic (exact) mass is 407 g/mol. The molecule has 1 heterocycles. The molecule has 1 aromatic heterocycles. The number of halogens is 2. The molecule has 0 spiro atoms. The van der Waals surface area contributed by atoms with Gasteiger partial charge in [-0.25, -0.2) is 8.78 Å². The first kappa shape index (κ1) is 23.0. The Balaban J connectivity index is 2.33. The molecular weight excluding hydrogens is 376 g/mol. The lowest BCUT2D eigenvalue weighted by Crippen LogP contribution is -2.25. The Bertz CT molecular complexity index is 860. The van der Waals surface area contributed by atoms with Gasteiger partial charge in [-0.1, -0.05) is 32.6 Å². The van der Waals surface area contributed by atoms with Gasteiger partial charge in [-0.3, -0.25) is 9.78 Å². The fourth-order valence-electron chi connectivity index (χ4n) is 3.15. The zero-order valence-electron chi connectivity index (χ0n) is 18.0. The van der Waals surface area contributed by atoms with E-state index in [4.69, 9.17) is 9.47 Å². The van der Waals surface area contributed by atoms with Crippen LogP contribution in [0.5, 0.6) is 5.75 Å². The fourth-order valence-corrected chi connectivity index (χ4v) is 3.15. The third kappa shape index (κ3) is 6.12. The summed E-state index contributed by atoms with van der Waals surface area (Å²) in [5.41, 5.74) is 0.948. The highest BCUT2D eigenvalue weighted by Crippen LogP contribution is 2.34. The lowest BCUT2D eigenvalue weighted by atomic mass is 9.98. The molecule has 29 heavy (non-hydrogen) atoms. The largest absolute Gasteiger partial charge is 0.456 e. The Morgan fingerprint density at radius 2 is 1.79 bits per heavy atom. The first-order valence-corrected chi connectivity index (χ1v) is 10.2. The number of rotatable bonds is 9. The maximum atomic E-state index is 14.6. The molecule has 0 N–H and O–H groups in total. The Morgan fingerprint density at radius 3 is 2.45 bits per heavy atom. The van der Waals surface area contributed by atoms with Gasteiger partial charge in [0.2, 0.25) is 6.79 Å². The summed E-state index contributed by atoms with van der Waals surface area (Å²) in [7, 11) is 0. The van der Waals surface area contributed by atoms with E-state index in [0.29, 0.717) is 12.1 Å². The van der Waals surface area contributed by atoms with E-state index in [1.54, 1.807) is 27.7 Å². The molecule has 0 atom stereocenters. The summed E-state index contributed by atoms with van der Waals surface area (Å²) in [6.07, 6.45) is 6.09. The lowest BCUT2D eigenvalue weighted by molar-refractivity contribution is -0.159. The van der Waals surface area contributed by atoms with Gasteiger partial charge in [0.25, 0.3) is 0 Å². The summed E-state index contributed by atoms with van der Waals surface area (Å²) in [6.45, 7) is 8.85. The fraction of sp³-hybridized carbons (Fsp3) is 0.565. The maximum absolute atomic E-state index is 14.6. The van der Waals surface area contributed by atoms with Crippen LogP contribution in [0.15, 0.2) is 12.1 Å². The molecule has 0 radical (unpaired) electrons. The Kier molecular flexibility index (Phi) is 7.94. The quantitative estimate of drug-likeness (QED) is 0.280. The van der Waals surface area contributed by atoms with Crippen molar-refractivity contribution in [3.8, 4) is 5.75 Å².